The monoisotopic (exact) mass is 404 g/mol. The number of anilines is 1. The molecule has 0 saturated heterocycles. The number of benzene rings is 1. The molecule has 2 N–H and O–H groups in total. The van der Waals surface area contributed by atoms with E-state index in [1.54, 1.807) is 65.4 Å². The summed E-state index contributed by atoms with van der Waals surface area (Å²) >= 11 is 5.80. The van der Waals surface area contributed by atoms with Crippen LogP contribution in [0.1, 0.15) is 5.56 Å². The molecule has 0 fully saturated rings. The van der Waals surface area contributed by atoms with Gasteiger partial charge in [-0.1, -0.05) is 23.7 Å². The number of fused-ring (bicyclic) bond motifs is 1. The molecule has 1 amide bonds. The van der Waals surface area contributed by atoms with Crippen LogP contribution in [-0.4, -0.2) is 36.2 Å². The third kappa shape index (κ3) is 5.57. The fraction of sp³-hybridized carbons (Fsp3) is 0.111. The normalized spacial score (nSPS) is 11.7. The molecule has 3 aromatic rings. The van der Waals surface area contributed by atoms with Gasteiger partial charge >= 0.3 is 0 Å². The van der Waals surface area contributed by atoms with Crippen molar-refractivity contribution in [1.29, 1.82) is 0 Å². The van der Waals surface area contributed by atoms with Crippen molar-refractivity contribution in [2.45, 2.75) is 0 Å². The van der Waals surface area contributed by atoms with Crippen LogP contribution in [0.25, 0.3) is 11.6 Å². The average molecular weight is 405 g/mol. The zero-order chi connectivity index (χ0) is 19.3. The highest BCUT2D eigenvalue weighted by Gasteiger charge is 2.11. The molecule has 2 aromatic heterocycles. The highest BCUT2D eigenvalue weighted by atomic mass is 35.5. The summed E-state index contributed by atoms with van der Waals surface area (Å²) in [5.41, 5.74) is 2.03. The highest BCUT2D eigenvalue weighted by Crippen LogP contribution is 2.13. The van der Waals surface area contributed by atoms with Crippen LogP contribution in [0.4, 0.5) is 5.69 Å². The largest absolute Gasteiger partial charge is 0.351 e. The van der Waals surface area contributed by atoms with E-state index < -0.39 is 10.0 Å². The summed E-state index contributed by atoms with van der Waals surface area (Å²) in [6, 6.07) is 12.1. The van der Waals surface area contributed by atoms with Gasteiger partial charge in [0.2, 0.25) is 15.9 Å². The maximum absolute atomic E-state index is 12.2. The lowest BCUT2D eigenvalue weighted by molar-refractivity contribution is -0.116. The van der Waals surface area contributed by atoms with E-state index in [1.165, 1.54) is 6.08 Å². The van der Waals surface area contributed by atoms with Crippen LogP contribution in [0.15, 0.2) is 60.9 Å². The van der Waals surface area contributed by atoms with Crippen molar-refractivity contribution in [2.24, 2.45) is 0 Å². The van der Waals surface area contributed by atoms with Crippen molar-refractivity contribution < 1.29 is 13.2 Å². The van der Waals surface area contributed by atoms with Gasteiger partial charge in [-0.2, -0.15) is 5.10 Å². The van der Waals surface area contributed by atoms with Crippen molar-refractivity contribution in [2.75, 3.05) is 17.0 Å². The Bertz CT molecular complexity index is 1080. The van der Waals surface area contributed by atoms with Crippen molar-refractivity contribution in [1.82, 2.24) is 14.9 Å². The molecule has 0 aliphatic heterocycles. The second kappa shape index (κ2) is 8.24. The fourth-order valence-corrected chi connectivity index (χ4v) is 3.41. The fourth-order valence-electron chi connectivity index (χ4n) is 2.33. The number of sulfonamides is 1. The van der Waals surface area contributed by atoms with Crippen LogP contribution in [0.2, 0.25) is 5.02 Å². The van der Waals surface area contributed by atoms with Gasteiger partial charge in [0.1, 0.15) is 0 Å². The van der Waals surface area contributed by atoms with E-state index in [4.69, 9.17) is 11.6 Å². The molecule has 7 nitrogen and oxygen atoms in total. The molecule has 0 aliphatic rings. The lowest BCUT2D eigenvalue weighted by Gasteiger charge is -2.08. The Labute approximate surface area is 161 Å². The zero-order valence-electron chi connectivity index (χ0n) is 14.2. The molecule has 2 heterocycles. The quantitative estimate of drug-likeness (QED) is 0.592. The van der Waals surface area contributed by atoms with Gasteiger partial charge in [0.25, 0.3) is 0 Å². The van der Waals surface area contributed by atoms with E-state index in [0.717, 1.165) is 11.1 Å². The molecule has 3 rings (SSSR count). The number of carbonyl (C=O) groups is 1. The van der Waals surface area contributed by atoms with Crippen LogP contribution in [-0.2, 0) is 14.8 Å². The second-order valence-electron chi connectivity index (χ2n) is 5.71. The molecule has 0 spiro atoms. The summed E-state index contributed by atoms with van der Waals surface area (Å²) in [5, 5.41) is 7.21. The van der Waals surface area contributed by atoms with Crippen LogP contribution < -0.4 is 10.0 Å². The topological polar surface area (TPSA) is 92.6 Å². The van der Waals surface area contributed by atoms with E-state index in [2.05, 4.69) is 15.1 Å². The molecule has 0 unspecified atom stereocenters. The van der Waals surface area contributed by atoms with Crippen molar-refractivity contribution in [3.63, 3.8) is 0 Å². The highest BCUT2D eigenvalue weighted by molar-refractivity contribution is 7.92. The Hall–Kier alpha value is -2.84. The molecular weight excluding hydrogens is 388 g/mol. The third-order valence-electron chi connectivity index (χ3n) is 3.64. The molecule has 0 bridgehead atoms. The number of pyridine rings is 1. The predicted molar refractivity (Wildman–Crippen MR) is 106 cm³/mol. The number of aromatic nitrogens is 2. The minimum absolute atomic E-state index is 0.00590. The first kappa shape index (κ1) is 18.9. The molecule has 27 heavy (non-hydrogen) atoms. The van der Waals surface area contributed by atoms with Crippen molar-refractivity contribution in [3.8, 4) is 0 Å². The summed E-state index contributed by atoms with van der Waals surface area (Å²) in [5.74, 6) is -0.612. The smallest absolute Gasteiger partial charge is 0.244 e. The number of carbonyl (C=O) groups excluding carboxylic acids is 1. The molecular formula is C18H17ClN4O3S. The Kier molecular flexibility index (Phi) is 5.78. The summed E-state index contributed by atoms with van der Waals surface area (Å²) in [6.07, 6.45) is 6.26. The minimum atomic E-state index is -3.59. The van der Waals surface area contributed by atoms with Crippen LogP contribution in [0.5, 0.6) is 0 Å². The predicted octanol–water partition coefficient (Wildman–Crippen LogP) is 2.56. The molecule has 0 saturated carbocycles. The summed E-state index contributed by atoms with van der Waals surface area (Å²) < 4.78 is 28.4. The Morgan fingerprint density at radius 1 is 1.19 bits per heavy atom. The third-order valence-corrected chi connectivity index (χ3v) is 5.18. The van der Waals surface area contributed by atoms with E-state index >= 15 is 0 Å². The number of nitrogens with one attached hydrogen (secondary N) is 2. The van der Waals surface area contributed by atoms with Gasteiger partial charge in [0, 0.05) is 30.0 Å². The Morgan fingerprint density at radius 2 is 1.96 bits per heavy atom. The van der Waals surface area contributed by atoms with E-state index in [0.29, 0.717) is 10.7 Å². The second-order valence-corrected chi connectivity index (χ2v) is 7.99. The zero-order valence-corrected chi connectivity index (χ0v) is 15.7. The average Bonchev–Trinajstić information content (AvgIpc) is 3.08. The summed E-state index contributed by atoms with van der Waals surface area (Å²) in [7, 11) is -3.59. The Balaban J connectivity index is 1.49. The number of halogens is 1. The number of hydrogen-bond acceptors (Lipinski definition) is 4. The number of amides is 1. The Morgan fingerprint density at radius 3 is 2.74 bits per heavy atom. The maximum Gasteiger partial charge on any atom is 0.244 e. The molecule has 140 valence electrons. The summed E-state index contributed by atoms with van der Waals surface area (Å²) in [4.78, 5) is 11.8. The lowest BCUT2D eigenvalue weighted by atomic mass is 10.2. The minimum Gasteiger partial charge on any atom is -0.351 e. The standard InChI is InChI=1S/C18H17ClN4O3S/c19-15-4-1-14(2-5-15)3-6-18(24)20-10-12-27(25,26)22-16-8-11-23-17(13-16)7-9-21-23/h1-9,11,13,22H,10,12H2,(H,20,24)/b6-3+. The van der Waals surface area contributed by atoms with Gasteiger partial charge in [-0.3, -0.25) is 9.52 Å². The van der Waals surface area contributed by atoms with Crippen molar-refractivity contribution in [3.05, 3.63) is 71.5 Å². The maximum atomic E-state index is 12.2. The van der Waals surface area contributed by atoms with Gasteiger partial charge in [0.05, 0.1) is 17.0 Å². The molecule has 0 aliphatic carbocycles. The van der Waals surface area contributed by atoms with Gasteiger partial charge < -0.3 is 5.32 Å². The van der Waals surface area contributed by atoms with E-state index in [-0.39, 0.29) is 18.2 Å². The molecule has 0 radical (unpaired) electrons. The molecule has 0 atom stereocenters. The number of hydrogen-bond donors (Lipinski definition) is 2. The van der Waals surface area contributed by atoms with Crippen LogP contribution in [0.3, 0.4) is 0 Å². The molecule has 1 aromatic carbocycles. The first-order chi connectivity index (χ1) is 12.9. The van der Waals surface area contributed by atoms with Crippen LogP contribution in [0, 0.1) is 0 Å². The van der Waals surface area contributed by atoms with Crippen molar-refractivity contribution >= 4 is 44.8 Å². The SMILES string of the molecule is O=C(/C=C/c1ccc(Cl)cc1)NCCS(=O)(=O)Nc1ccn2nccc2c1. The number of nitrogens with zero attached hydrogens (tertiary/aromatic N) is 2. The van der Waals surface area contributed by atoms with Gasteiger partial charge in [0.15, 0.2) is 0 Å². The first-order valence-electron chi connectivity index (χ1n) is 8.07. The van der Waals surface area contributed by atoms with Gasteiger partial charge in [-0.05, 0) is 42.0 Å². The lowest BCUT2D eigenvalue weighted by Crippen LogP contribution is -2.30. The van der Waals surface area contributed by atoms with Gasteiger partial charge in [-0.15, -0.1) is 0 Å². The first-order valence-corrected chi connectivity index (χ1v) is 10.1. The van der Waals surface area contributed by atoms with E-state index in [9.17, 15) is 13.2 Å². The summed E-state index contributed by atoms with van der Waals surface area (Å²) in [6.45, 7) is -0.00590. The number of rotatable bonds is 7. The van der Waals surface area contributed by atoms with Gasteiger partial charge in [-0.25, -0.2) is 12.9 Å². The van der Waals surface area contributed by atoms with Crippen LogP contribution >= 0.6 is 11.6 Å². The molecule has 9 heteroatoms. The van der Waals surface area contributed by atoms with E-state index in [1.807, 2.05) is 0 Å².